The lowest BCUT2D eigenvalue weighted by atomic mass is 10.3. The largest absolute Gasteiger partial charge is 0.368 e. The minimum Gasteiger partial charge on any atom is -0.368 e. The summed E-state index contributed by atoms with van der Waals surface area (Å²) in [5, 5.41) is 10.1. The van der Waals surface area contributed by atoms with Crippen molar-refractivity contribution in [2.24, 2.45) is 5.73 Å². The summed E-state index contributed by atoms with van der Waals surface area (Å²) in [7, 11) is 0. The Morgan fingerprint density at radius 1 is 1.72 bits per heavy atom. The third-order valence-electron chi connectivity index (χ3n) is 2.78. The highest BCUT2D eigenvalue weighted by molar-refractivity contribution is 7.99. The van der Waals surface area contributed by atoms with E-state index in [-0.39, 0.29) is 17.6 Å². The summed E-state index contributed by atoms with van der Waals surface area (Å²) in [4.78, 5) is 22.7. The van der Waals surface area contributed by atoms with Crippen LogP contribution in [0.15, 0.2) is 9.95 Å². The normalized spacial score (nSPS) is 16.7. The maximum absolute atomic E-state index is 11.4. The van der Waals surface area contributed by atoms with E-state index in [2.05, 4.69) is 15.5 Å². The van der Waals surface area contributed by atoms with E-state index >= 15 is 0 Å². The molecule has 0 radical (unpaired) electrons. The molecule has 8 heteroatoms. The summed E-state index contributed by atoms with van der Waals surface area (Å²) in [5.41, 5.74) is 5.11. The van der Waals surface area contributed by atoms with E-state index in [9.17, 15) is 9.59 Å². The minimum absolute atomic E-state index is 0.231. The molecule has 2 rings (SSSR count). The van der Waals surface area contributed by atoms with Crippen molar-refractivity contribution in [2.45, 2.75) is 43.6 Å². The van der Waals surface area contributed by atoms with Crippen molar-refractivity contribution in [1.29, 1.82) is 0 Å². The third kappa shape index (κ3) is 3.14. The molecule has 1 aliphatic carbocycles. The average Bonchev–Trinajstić information content (AvgIpc) is 3.08. The van der Waals surface area contributed by atoms with Crippen LogP contribution in [-0.2, 0) is 11.3 Å². The number of rotatable bonds is 7. The topological polar surface area (TPSA) is 106 Å². The first kappa shape index (κ1) is 13.2. The number of H-pyrrole nitrogens is 1. The predicted octanol–water partition coefficient (Wildman–Crippen LogP) is -0.711. The van der Waals surface area contributed by atoms with Gasteiger partial charge in [-0.1, -0.05) is 11.8 Å². The van der Waals surface area contributed by atoms with E-state index in [1.54, 1.807) is 0 Å². The molecule has 0 spiro atoms. The van der Waals surface area contributed by atoms with Crippen LogP contribution in [0.3, 0.4) is 0 Å². The van der Waals surface area contributed by atoms with Gasteiger partial charge in [-0.25, -0.2) is 9.89 Å². The second kappa shape index (κ2) is 5.57. The van der Waals surface area contributed by atoms with Gasteiger partial charge >= 0.3 is 5.69 Å². The van der Waals surface area contributed by atoms with E-state index < -0.39 is 0 Å². The fourth-order valence-electron chi connectivity index (χ4n) is 1.60. The molecule has 4 N–H and O–H groups in total. The molecule has 1 aromatic rings. The summed E-state index contributed by atoms with van der Waals surface area (Å²) >= 11 is 1.36. The summed E-state index contributed by atoms with van der Waals surface area (Å²) in [5.74, 6) is 0.117. The molecule has 1 amide bonds. The van der Waals surface area contributed by atoms with Gasteiger partial charge in [-0.05, 0) is 19.8 Å². The second-order valence-corrected chi connectivity index (χ2v) is 5.25. The van der Waals surface area contributed by atoms with Gasteiger partial charge in [-0.15, -0.1) is 5.10 Å². The molecule has 0 bridgehead atoms. The van der Waals surface area contributed by atoms with Crippen molar-refractivity contribution in [2.75, 3.05) is 5.75 Å². The molecule has 0 aliphatic heterocycles. The third-order valence-corrected chi connectivity index (χ3v) is 3.85. The standard InChI is InChI=1S/C10H17N5O2S/c1-2-15-9(17)13-14-10(15)18-5-7(8(11)16)12-6-3-4-6/h6-7,12H,2-5H2,1H3,(H2,11,16)(H,13,17). The van der Waals surface area contributed by atoms with Gasteiger partial charge in [-0.2, -0.15) is 0 Å². The van der Waals surface area contributed by atoms with E-state index in [4.69, 9.17) is 5.73 Å². The molecule has 1 aliphatic rings. The molecular weight excluding hydrogens is 254 g/mol. The summed E-state index contributed by atoms with van der Waals surface area (Å²) in [6, 6.07) is 0.0373. The lowest BCUT2D eigenvalue weighted by molar-refractivity contribution is -0.119. The van der Waals surface area contributed by atoms with Crippen LogP contribution < -0.4 is 16.7 Å². The van der Waals surface area contributed by atoms with Crippen LogP contribution >= 0.6 is 11.8 Å². The van der Waals surface area contributed by atoms with Crippen molar-refractivity contribution >= 4 is 17.7 Å². The number of thioether (sulfide) groups is 1. The Kier molecular flexibility index (Phi) is 4.07. The van der Waals surface area contributed by atoms with Crippen LogP contribution in [0.1, 0.15) is 19.8 Å². The number of hydrogen-bond donors (Lipinski definition) is 3. The number of hydrogen-bond acceptors (Lipinski definition) is 5. The highest BCUT2D eigenvalue weighted by Crippen LogP contribution is 2.21. The first-order chi connectivity index (χ1) is 8.61. The molecule has 0 saturated heterocycles. The van der Waals surface area contributed by atoms with Crippen LogP contribution in [0.4, 0.5) is 0 Å². The Hall–Kier alpha value is -1.28. The number of aromatic amines is 1. The summed E-state index contributed by atoms with van der Waals surface area (Å²) in [6.45, 7) is 2.42. The zero-order valence-corrected chi connectivity index (χ0v) is 11.0. The van der Waals surface area contributed by atoms with Crippen molar-refractivity contribution in [3.05, 3.63) is 10.5 Å². The van der Waals surface area contributed by atoms with Gasteiger partial charge in [0.25, 0.3) is 0 Å². The molecule has 0 aromatic carbocycles. The van der Waals surface area contributed by atoms with Gasteiger partial charge in [0.05, 0.1) is 6.04 Å². The van der Waals surface area contributed by atoms with E-state index in [1.807, 2.05) is 6.92 Å². The van der Waals surface area contributed by atoms with Gasteiger partial charge in [0.2, 0.25) is 5.91 Å². The minimum atomic E-state index is -0.375. The molecule has 1 unspecified atom stereocenters. The van der Waals surface area contributed by atoms with E-state index in [0.29, 0.717) is 23.5 Å². The summed E-state index contributed by atoms with van der Waals surface area (Å²) < 4.78 is 1.53. The number of carbonyl (C=O) groups is 1. The number of nitrogens with one attached hydrogen (secondary N) is 2. The lowest BCUT2D eigenvalue weighted by Gasteiger charge is -2.13. The van der Waals surface area contributed by atoms with E-state index in [1.165, 1.54) is 16.3 Å². The van der Waals surface area contributed by atoms with Crippen LogP contribution in [0.2, 0.25) is 0 Å². The smallest absolute Gasteiger partial charge is 0.343 e. The maximum Gasteiger partial charge on any atom is 0.343 e. The van der Waals surface area contributed by atoms with Crippen LogP contribution in [0.25, 0.3) is 0 Å². The Morgan fingerprint density at radius 2 is 2.44 bits per heavy atom. The first-order valence-electron chi connectivity index (χ1n) is 5.95. The summed E-state index contributed by atoms with van der Waals surface area (Å²) in [6.07, 6.45) is 2.19. The molecule has 1 fully saturated rings. The highest BCUT2D eigenvalue weighted by Gasteiger charge is 2.27. The van der Waals surface area contributed by atoms with E-state index in [0.717, 1.165) is 12.8 Å². The number of nitrogens with zero attached hydrogens (tertiary/aromatic N) is 2. The number of aromatic nitrogens is 3. The molecule has 7 nitrogen and oxygen atoms in total. The number of carbonyl (C=O) groups excluding carboxylic acids is 1. The molecule has 1 aromatic heterocycles. The number of amides is 1. The Bertz CT molecular complexity index is 479. The molecule has 1 atom stereocenters. The number of nitrogens with two attached hydrogens (primary N) is 1. The van der Waals surface area contributed by atoms with Crippen molar-refractivity contribution in [1.82, 2.24) is 20.1 Å². The van der Waals surface area contributed by atoms with Crippen LogP contribution in [0.5, 0.6) is 0 Å². The zero-order chi connectivity index (χ0) is 13.1. The lowest BCUT2D eigenvalue weighted by Crippen LogP contribution is -2.44. The Morgan fingerprint density at radius 3 is 3.00 bits per heavy atom. The fourth-order valence-corrected chi connectivity index (χ4v) is 2.65. The molecule has 1 heterocycles. The average molecular weight is 271 g/mol. The van der Waals surface area contributed by atoms with Crippen molar-refractivity contribution in [3.8, 4) is 0 Å². The maximum atomic E-state index is 11.4. The molecule has 18 heavy (non-hydrogen) atoms. The van der Waals surface area contributed by atoms with Crippen molar-refractivity contribution < 1.29 is 4.79 Å². The van der Waals surface area contributed by atoms with Crippen molar-refractivity contribution in [3.63, 3.8) is 0 Å². The predicted molar refractivity (Wildman–Crippen MR) is 68.4 cm³/mol. The highest BCUT2D eigenvalue weighted by atomic mass is 32.2. The fraction of sp³-hybridized carbons (Fsp3) is 0.700. The Balaban J connectivity index is 1.95. The van der Waals surface area contributed by atoms with Gasteiger partial charge in [0.1, 0.15) is 0 Å². The van der Waals surface area contributed by atoms with Gasteiger partial charge in [0.15, 0.2) is 5.16 Å². The van der Waals surface area contributed by atoms with Gasteiger partial charge < -0.3 is 11.1 Å². The Labute approximate surface area is 109 Å². The molecule has 1 saturated carbocycles. The number of primary amides is 1. The monoisotopic (exact) mass is 271 g/mol. The zero-order valence-electron chi connectivity index (χ0n) is 10.2. The molecular formula is C10H17N5O2S. The second-order valence-electron chi connectivity index (χ2n) is 4.26. The quantitative estimate of drug-likeness (QED) is 0.568. The SMILES string of the molecule is CCn1c(SCC(NC2CC2)C(N)=O)n[nH]c1=O. The molecule has 100 valence electrons. The van der Waals surface area contributed by atoms with Gasteiger partial charge in [0, 0.05) is 18.3 Å². The van der Waals surface area contributed by atoms with Crippen LogP contribution in [0, 0.1) is 0 Å². The van der Waals surface area contributed by atoms with Gasteiger partial charge in [-0.3, -0.25) is 9.36 Å². The van der Waals surface area contributed by atoms with Crippen LogP contribution in [-0.4, -0.2) is 38.5 Å². The first-order valence-corrected chi connectivity index (χ1v) is 6.93.